The van der Waals surface area contributed by atoms with Crippen molar-refractivity contribution in [1.29, 1.82) is 0 Å². The number of ether oxygens (including phenoxy) is 1. The van der Waals surface area contributed by atoms with Crippen LogP contribution >= 0.6 is 23.2 Å². The lowest BCUT2D eigenvalue weighted by Crippen LogP contribution is -2.25. The van der Waals surface area contributed by atoms with E-state index in [1.165, 1.54) is 11.6 Å². The standard InChI is InChI=1S/C23H22Cl2F3N3O2/c1-14-12-18(8-9-19(14)24)33-13-16-4-6-17(7-5-16)22(32)29-10-3-11-31-15(2)20(25)21(30-31)23(26,27)28/h4-9,12H,3,10-11,13H2,1-2H3,(H,29,32). The highest BCUT2D eigenvalue weighted by Crippen LogP contribution is 2.35. The van der Waals surface area contributed by atoms with Gasteiger partial charge in [-0.25, -0.2) is 0 Å². The summed E-state index contributed by atoms with van der Waals surface area (Å²) in [7, 11) is 0. The first kappa shape index (κ1) is 24.9. The summed E-state index contributed by atoms with van der Waals surface area (Å²) in [6, 6.07) is 12.4. The van der Waals surface area contributed by atoms with Crippen molar-refractivity contribution in [1.82, 2.24) is 15.1 Å². The Morgan fingerprint density at radius 1 is 1.12 bits per heavy atom. The molecule has 0 aliphatic heterocycles. The first-order valence-electron chi connectivity index (χ1n) is 10.1. The molecule has 0 aliphatic rings. The Morgan fingerprint density at radius 3 is 2.42 bits per heavy atom. The molecule has 5 nitrogen and oxygen atoms in total. The third-order valence-corrected chi connectivity index (χ3v) is 5.86. The highest BCUT2D eigenvalue weighted by atomic mass is 35.5. The molecule has 0 saturated carbocycles. The van der Waals surface area contributed by atoms with Gasteiger partial charge in [0.1, 0.15) is 12.4 Å². The molecule has 1 N–H and O–H groups in total. The molecule has 0 unspecified atom stereocenters. The topological polar surface area (TPSA) is 56.1 Å². The van der Waals surface area contributed by atoms with Crippen molar-refractivity contribution in [3.05, 3.63) is 80.6 Å². The van der Waals surface area contributed by atoms with Crippen molar-refractivity contribution in [2.45, 2.75) is 39.6 Å². The van der Waals surface area contributed by atoms with Gasteiger partial charge in [-0.2, -0.15) is 18.3 Å². The number of aryl methyl sites for hydroxylation is 2. The van der Waals surface area contributed by atoms with Crippen molar-refractivity contribution in [3.63, 3.8) is 0 Å². The van der Waals surface area contributed by atoms with Crippen LogP contribution in [0.25, 0.3) is 0 Å². The summed E-state index contributed by atoms with van der Waals surface area (Å²) in [5, 5.41) is 6.56. The lowest BCUT2D eigenvalue weighted by molar-refractivity contribution is -0.141. The summed E-state index contributed by atoms with van der Waals surface area (Å²) in [4.78, 5) is 12.3. The molecule has 0 radical (unpaired) electrons. The number of hydrogen-bond donors (Lipinski definition) is 1. The van der Waals surface area contributed by atoms with E-state index in [-0.39, 0.29) is 24.7 Å². The quantitative estimate of drug-likeness (QED) is 0.374. The maximum absolute atomic E-state index is 12.9. The van der Waals surface area contributed by atoms with E-state index in [0.717, 1.165) is 11.1 Å². The molecule has 1 heterocycles. The molecule has 3 aromatic rings. The number of carbonyl (C=O) groups excluding carboxylic acids is 1. The van der Waals surface area contributed by atoms with E-state index < -0.39 is 16.9 Å². The van der Waals surface area contributed by atoms with E-state index in [4.69, 9.17) is 27.9 Å². The van der Waals surface area contributed by atoms with Crippen molar-refractivity contribution >= 4 is 29.1 Å². The van der Waals surface area contributed by atoms with E-state index in [0.29, 0.717) is 29.4 Å². The predicted molar refractivity (Wildman–Crippen MR) is 121 cm³/mol. The zero-order valence-corrected chi connectivity index (χ0v) is 19.5. The number of alkyl halides is 3. The SMILES string of the molecule is Cc1cc(OCc2ccc(C(=O)NCCCn3nc(C(F)(F)F)c(Cl)c3C)cc2)ccc1Cl. The second-order valence-corrected chi connectivity index (χ2v) is 8.26. The number of halogens is 5. The first-order valence-corrected chi connectivity index (χ1v) is 10.9. The third kappa shape index (κ3) is 6.42. The Kier molecular flexibility index (Phi) is 7.92. The molecular formula is C23H22Cl2F3N3O2. The van der Waals surface area contributed by atoms with Crippen LogP contribution in [0, 0.1) is 13.8 Å². The van der Waals surface area contributed by atoms with Crippen LogP contribution in [0.3, 0.4) is 0 Å². The van der Waals surface area contributed by atoms with Crippen LogP contribution in [0.2, 0.25) is 10.0 Å². The molecule has 0 spiro atoms. The zero-order valence-electron chi connectivity index (χ0n) is 18.0. The number of amides is 1. The van der Waals surface area contributed by atoms with Gasteiger partial charge in [-0.3, -0.25) is 9.48 Å². The van der Waals surface area contributed by atoms with E-state index >= 15 is 0 Å². The Balaban J connectivity index is 1.47. The minimum Gasteiger partial charge on any atom is -0.489 e. The van der Waals surface area contributed by atoms with Crippen LogP contribution in [0.4, 0.5) is 13.2 Å². The smallest absolute Gasteiger partial charge is 0.436 e. The van der Waals surface area contributed by atoms with Crippen LogP contribution < -0.4 is 10.1 Å². The molecule has 0 atom stereocenters. The predicted octanol–water partition coefficient (Wildman–Crippen LogP) is 6.22. The summed E-state index contributed by atoms with van der Waals surface area (Å²) in [6.07, 6.45) is -4.21. The second kappa shape index (κ2) is 10.5. The highest BCUT2D eigenvalue weighted by Gasteiger charge is 2.38. The van der Waals surface area contributed by atoms with Crippen molar-refractivity contribution in [2.24, 2.45) is 0 Å². The molecule has 0 bridgehead atoms. The molecule has 176 valence electrons. The van der Waals surface area contributed by atoms with Crippen molar-refractivity contribution in [3.8, 4) is 5.75 Å². The van der Waals surface area contributed by atoms with Gasteiger partial charge in [0.05, 0.1) is 10.7 Å². The van der Waals surface area contributed by atoms with E-state index in [2.05, 4.69) is 10.4 Å². The number of aromatic nitrogens is 2. The summed E-state index contributed by atoms with van der Waals surface area (Å²) in [6.45, 7) is 4.19. The Morgan fingerprint density at radius 2 is 1.82 bits per heavy atom. The fourth-order valence-electron chi connectivity index (χ4n) is 3.08. The average molecular weight is 500 g/mol. The first-order chi connectivity index (χ1) is 15.6. The van der Waals surface area contributed by atoms with Crippen molar-refractivity contribution in [2.75, 3.05) is 6.54 Å². The summed E-state index contributed by atoms with van der Waals surface area (Å²) >= 11 is 11.7. The largest absolute Gasteiger partial charge is 0.489 e. The monoisotopic (exact) mass is 499 g/mol. The van der Waals surface area contributed by atoms with Crippen LogP contribution in [-0.2, 0) is 19.3 Å². The lowest BCUT2D eigenvalue weighted by atomic mass is 10.1. The zero-order chi connectivity index (χ0) is 24.2. The Labute approximate surface area is 199 Å². The van der Waals surface area contributed by atoms with Gasteiger partial charge in [-0.05, 0) is 61.7 Å². The van der Waals surface area contributed by atoms with E-state index in [1.54, 1.807) is 36.4 Å². The molecule has 0 aliphatic carbocycles. The normalized spacial score (nSPS) is 11.5. The van der Waals surface area contributed by atoms with Gasteiger partial charge < -0.3 is 10.1 Å². The fraction of sp³-hybridized carbons (Fsp3) is 0.304. The maximum Gasteiger partial charge on any atom is 0.436 e. The van der Waals surface area contributed by atoms with Gasteiger partial charge in [0, 0.05) is 23.7 Å². The van der Waals surface area contributed by atoms with Gasteiger partial charge >= 0.3 is 6.18 Å². The van der Waals surface area contributed by atoms with Crippen LogP contribution in [0.5, 0.6) is 5.75 Å². The number of rotatable bonds is 8. The van der Waals surface area contributed by atoms with E-state index in [1.807, 2.05) is 13.0 Å². The molecule has 1 aromatic heterocycles. The fourth-order valence-corrected chi connectivity index (χ4v) is 3.44. The summed E-state index contributed by atoms with van der Waals surface area (Å²) in [5.41, 5.74) is 1.43. The molecule has 3 rings (SSSR count). The highest BCUT2D eigenvalue weighted by molar-refractivity contribution is 6.32. The number of nitrogens with one attached hydrogen (secondary N) is 1. The second-order valence-electron chi connectivity index (χ2n) is 7.47. The number of benzene rings is 2. The molecular weight excluding hydrogens is 478 g/mol. The average Bonchev–Trinajstić information content (AvgIpc) is 3.06. The molecule has 10 heteroatoms. The molecule has 2 aromatic carbocycles. The number of nitrogens with zero attached hydrogens (tertiary/aromatic N) is 2. The Bertz CT molecular complexity index is 1130. The summed E-state index contributed by atoms with van der Waals surface area (Å²) < 4.78 is 45.6. The number of hydrogen-bond acceptors (Lipinski definition) is 3. The van der Waals surface area contributed by atoms with E-state index in [9.17, 15) is 18.0 Å². The maximum atomic E-state index is 12.9. The molecule has 1 amide bonds. The third-order valence-electron chi connectivity index (χ3n) is 4.99. The van der Waals surface area contributed by atoms with Gasteiger partial charge in [-0.1, -0.05) is 35.3 Å². The van der Waals surface area contributed by atoms with Crippen molar-refractivity contribution < 1.29 is 22.7 Å². The van der Waals surface area contributed by atoms with Gasteiger partial charge in [0.15, 0.2) is 5.69 Å². The van der Waals surface area contributed by atoms with Crippen LogP contribution in [0.1, 0.15) is 39.3 Å². The van der Waals surface area contributed by atoms with Gasteiger partial charge in [0.25, 0.3) is 5.91 Å². The molecule has 33 heavy (non-hydrogen) atoms. The van der Waals surface area contributed by atoms with Gasteiger partial charge in [-0.15, -0.1) is 0 Å². The molecule has 0 saturated heterocycles. The number of carbonyl (C=O) groups is 1. The minimum atomic E-state index is -4.60. The van der Waals surface area contributed by atoms with Crippen LogP contribution in [-0.4, -0.2) is 22.2 Å². The van der Waals surface area contributed by atoms with Crippen LogP contribution in [0.15, 0.2) is 42.5 Å². The lowest BCUT2D eigenvalue weighted by Gasteiger charge is -2.09. The summed E-state index contributed by atoms with van der Waals surface area (Å²) in [5.74, 6) is 0.428. The Hall–Kier alpha value is -2.71. The molecule has 0 fully saturated rings. The minimum absolute atomic E-state index is 0.197. The van der Waals surface area contributed by atoms with Gasteiger partial charge in [0.2, 0.25) is 0 Å².